The Bertz CT molecular complexity index is 656. The van der Waals surface area contributed by atoms with Crippen LogP contribution < -0.4 is 0 Å². The molecule has 0 saturated carbocycles. The maximum Gasteiger partial charge on any atom is 0.169 e. The highest BCUT2D eigenvalue weighted by molar-refractivity contribution is 5.98. The van der Waals surface area contributed by atoms with Gasteiger partial charge in [0, 0.05) is 12.0 Å². The van der Waals surface area contributed by atoms with E-state index in [2.05, 4.69) is 10.2 Å². The molecule has 2 aromatic rings. The van der Waals surface area contributed by atoms with Crippen molar-refractivity contribution in [2.24, 2.45) is 0 Å². The third kappa shape index (κ3) is 3.04. The zero-order valence-electron chi connectivity index (χ0n) is 11.3. The minimum absolute atomic E-state index is 0.0477. The summed E-state index contributed by atoms with van der Waals surface area (Å²) in [6, 6.07) is 4.72. The second kappa shape index (κ2) is 5.86. The number of Topliss-reactive ketones (excluding diaryl/α,β-unsaturated/α-hetero) is 1. The van der Waals surface area contributed by atoms with Gasteiger partial charge < -0.3 is 0 Å². The second-order valence-corrected chi connectivity index (χ2v) is 4.54. The van der Waals surface area contributed by atoms with Gasteiger partial charge in [-0.2, -0.15) is 10.2 Å². The Kier molecular flexibility index (Phi) is 4.17. The van der Waals surface area contributed by atoms with Crippen LogP contribution in [0.25, 0.3) is 0 Å². The SMILES string of the molecule is CCc1nnc(C)cc1C(=O)Cc1cc(F)ccc1F. The minimum atomic E-state index is -0.587. The topological polar surface area (TPSA) is 42.9 Å². The van der Waals surface area contributed by atoms with Crippen molar-refractivity contribution >= 4 is 5.78 Å². The normalized spacial score (nSPS) is 10.6. The summed E-state index contributed by atoms with van der Waals surface area (Å²) in [6.45, 7) is 3.59. The first-order chi connectivity index (χ1) is 9.51. The number of hydrogen-bond acceptors (Lipinski definition) is 3. The maximum absolute atomic E-state index is 13.6. The van der Waals surface area contributed by atoms with Crippen LogP contribution in [0.2, 0.25) is 0 Å². The number of carbonyl (C=O) groups is 1. The molecule has 0 fully saturated rings. The lowest BCUT2D eigenvalue weighted by Gasteiger charge is -2.07. The lowest BCUT2D eigenvalue weighted by atomic mass is 10.0. The first-order valence-electron chi connectivity index (χ1n) is 6.31. The Morgan fingerprint density at radius 2 is 1.95 bits per heavy atom. The van der Waals surface area contributed by atoms with Crippen LogP contribution in [-0.2, 0) is 12.8 Å². The van der Waals surface area contributed by atoms with E-state index in [0.29, 0.717) is 23.4 Å². The van der Waals surface area contributed by atoms with Crippen molar-refractivity contribution in [3.05, 3.63) is 58.4 Å². The van der Waals surface area contributed by atoms with E-state index >= 15 is 0 Å². The number of aromatic nitrogens is 2. The molecule has 3 nitrogen and oxygen atoms in total. The lowest BCUT2D eigenvalue weighted by Crippen LogP contribution is -2.11. The van der Waals surface area contributed by atoms with Gasteiger partial charge in [-0.1, -0.05) is 6.92 Å². The predicted octanol–water partition coefficient (Wildman–Crippen LogP) is 3.05. The molecule has 20 heavy (non-hydrogen) atoms. The molecule has 2 rings (SSSR count). The number of aryl methyl sites for hydroxylation is 2. The molecule has 0 bridgehead atoms. The van der Waals surface area contributed by atoms with Gasteiger partial charge in [0.05, 0.1) is 11.4 Å². The van der Waals surface area contributed by atoms with Crippen LogP contribution in [0, 0.1) is 18.6 Å². The highest BCUT2D eigenvalue weighted by atomic mass is 19.1. The van der Waals surface area contributed by atoms with Crippen molar-refractivity contribution in [1.82, 2.24) is 10.2 Å². The van der Waals surface area contributed by atoms with E-state index in [1.807, 2.05) is 6.92 Å². The van der Waals surface area contributed by atoms with Crippen molar-refractivity contribution in [3.8, 4) is 0 Å². The van der Waals surface area contributed by atoms with Crippen LogP contribution in [0.1, 0.15) is 34.2 Å². The van der Waals surface area contributed by atoms with E-state index < -0.39 is 11.6 Å². The molecule has 0 aliphatic carbocycles. The van der Waals surface area contributed by atoms with E-state index in [1.165, 1.54) is 0 Å². The molecular formula is C15H14F2N2O. The van der Waals surface area contributed by atoms with Gasteiger partial charge in [0.1, 0.15) is 11.6 Å². The first-order valence-corrected chi connectivity index (χ1v) is 6.31. The van der Waals surface area contributed by atoms with E-state index in [4.69, 9.17) is 0 Å². The first kappa shape index (κ1) is 14.2. The largest absolute Gasteiger partial charge is 0.294 e. The van der Waals surface area contributed by atoms with Gasteiger partial charge >= 0.3 is 0 Å². The molecule has 0 radical (unpaired) electrons. The number of ketones is 1. The molecule has 0 aliphatic rings. The molecule has 0 N–H and O–H groups in total. The van der Waals surface area contributed by atoms with Crippen LogP contribution in [0.4, 0.5) is 8.78 Å². The Morgan fingerprint density at radius 3 is 2.65 bits per heavy atom. The van der Waals surface area contributed by atoms with E-state index in [0.717, 1.165) is 18.2 Å². The van der Waals surface area contributed by atoms with Gasteiger partial charge in [-0.25, -0.2) is 8.78 Å². The molecule has 1 heterocycles. The van der Waals surface area contributed by atoms with E-state index in [9.17, 15) is 13.6 Å². The molecule has 0 aliphatic heterocycles. The fourth-order valence-electron chi connectivity index (χ4n) is 1.96. The molecular weight excluding hydrogens is 262 g/mol. The molecule has 0 saturated heterocycles. The summed E-state index contributed by atoms with van der Waals surface area (Å²) in [4.78, 5) is 12.3. The van der Waals surface area contributed by atoms with Crippen molar-refractivity contribution < 1.29 is 13.6 Å². The monoisotopic (exact) mass is 276 g/mol. The van der Waals surface area contributed by atoms with Crippen molar-refractivity contribution in [3.63, 3.8) is 0 Å². The van der Waals surface area contributed by atoms with E-state index in [-0.39, 0.29) is 17.8 Å². The third-order valence-corrected chi connectivity index (χ3v) is 2.99. The zero-order chi connectivity index (χ0) is 14.7. The zero-order valence-corrected chi connectivity index (χ0v) is 11.3. The summed E-state index contributed by atoms with van der Waals surface area (Å²) in [5.74, 6) is -1.44. The number of nitrogens with zero attached hydrogens (tertiary/aromatic N) is 2. The number of rotatable bonds is 4. The van der Waals surface area contributed by atoms with Crippen LogP contribution in [0.3, 0.4) is 0 Å². The van der Waals surface area contributed by atoms with E-state index in [1.54, 1.807) is 13.0 Å². The second-order valence-electron chi connectivity index (χ2n) is 4.54. The molecule has 0 atom stereocenters. The van der Waals surface area contributed by atoms with Gasteiger partial charge in [0.15, 0.2) is 5.78 Å². The third-order valence-electron chi connectivity index (χ3n) is 2.99. The summed E-state index contributed by atoms with van der Waals surface area (Å²) in [7, 11) is 0. The smallest absolute Gasteiger partial charge is 0.169 e. The predicted molar refractivity (Wildman–Crippen MR) is 70.5 cm³/mol. The fourth-order valence-corrected chi connectivity index (χ4v) is 1.96. The Balaban J connectivity index is 2.32. The highest BCUT2D eigenvalue weighted by Crippen LogP contribution is 2.15. The number of halogens is 2. The Morgan fingerprint density at radius 1 is 1.20 bits per heavy atom. The van der Waals surface area contributed by atoms with Crippen molar-refractivity contribution in [2.75, 3.05) is 0 Å². The number of benzene rings is 1. The summed E-state index contributed by atoms with van der Waals surface area (Å²) in [5, 5.41) is 7.86. The molecule has 1 aromatic carbocycles. The quantitative estimate of drug-likeness (QED) is 0.806. The van der Waals surface area contributed by atoms with Gasteiger partial charge in [-0.3, -0.25) is 4.79 Å². The van der Waals surface area contributed by atoms with Crippen LogP contribution >= 0.6 is 0 Å². The molecule has 0 amide bonds. The standard InChI is InChI=1S/C15H14F2N2O/c1-3-14-12(6-9(2)18-19-14)15(20)8-10-7-11(16)4-5-13(10)17/h4-7H,3,8H2,1-2H3. The average Bonchev–Trinajstić information content (AvgIpc) is 2.42. The Labute approximate surface area is 115 Å². The number of carbonyl (C=O) groups excluding carboxylic acids is 1. The number of hydrogen-bond donors (Lipinski definition) is 0. The lowest BCUT2D eigenvalue weighted by molar-refractivity contribution is 0.0990. The van der Waals surface area contributed by atoms with Crippen LogP contribution in [0.5, 0.6) is 0 Å². The minimum Gasteiger partial charge on any atom is -0.294 e. The molecule has 5 heteroatoms. The van der Waals surface area contributed by atoms with Gasteiger partial charge in [-0.05, 0) is 43.2 Å². The fraction of sp³-hybridized carbons (Fsp3) is 0.267. The van der Waals surface area contributed by atoms with Gasteiger partial charge in [0.2, 0.25) is 0 Å². The average molecular weight is 276 g/mol. The summed E-state index contributed by atoms with van der Waals surface area (Å²) in [6.07, 6.45) is 0.363. The van der Waals surface area contributed by atoms with Crippen LogP contribution in [-0.4, -0.2) is 16.0 Å². The molecule has 0 spiro atoms. The molecule has 1 aromatic heterocycles. The summed E-state index contributed by atoms with van der Waals surface area (Å²) >= 11 is 0. The molecule has 0 unspecified atom stereocenters. The highest BCUT2D eigenvalue weighted by Gasteiger charge is 2.16. The maximum atomic E-state index is 13.6. The Hall–Kier alpha value is -2.17. The molecule has 104 valence electrons. The van der Waals surface area contributed by atoms with Crippen LogP contribution in [0.15, 0.2) is 24.3 Å². The van der Waals surface area contributed by atoms with Gasteiger partial charge in [-0.15, -0.1) is 0 Å². The van der Waals surface area contributed by atoms with Crippen molar-refractivity contribution in [2.45, 2.75) is 26.7 Å². The summed E-state index contributed by atoms with van der Waals surface area (Å²) in [5.41, 5.74) is 1.65. The summed E-state index contributed by atoms with van der Waals surface area (Å²) < 4.78 is 26.7. The van der Waals surface area contributed by atoms with Crippen molar-refractivity contribution in [1.29, 1.82) is 0 Å². The van der Waals surface area contributed by atoms with Gasteiger partial charge in [0.25, 0.3) is 0 Å².